The molecule has 9 heteroatoms. The van der Waals surface area contributed by atoms with Gasteiger partial charge in [0.1, 0.15) is 16.5 Å². The standard InChI is InChI=1S/C24H17FN4O3S/c25-17-7-5-15(6-8-17)23-19-3-1-2-4-20(19)24(27-26-23)33-14-22(30)28-12-11-16-13-18(29(31)32)9-10-21(16)28/h1-10,13H,11-12,14H2. The molecule has 7 nitrogen and oxygen atoms in total. The summed E-state index contributed by atoms with van der Waals surface area (Å²) in [7, 11) is 0. The molecule has 0 N–H and O–H groups in total. The molecule has 0 saturated carbocycles. The molecule has 0 spiro atoms. The summed E-state index contributed by atoms with van der Waals surface area (Å²) in [4.78, 5) is 25.2. The Hall–Kier alpha value is -3.85. The van der Waals surface area contributed by atoms with Gasteiger partial charge in [0.2, 0.25) is 5.91 Å². The number of carbonyl (C=O) groups is 1. The first kappa shape index (κ1) is 21.0. The summed E-state index contributed by atoms with van der Waals surface area (Å²) >= 11 is 1.30. The van der Waals surface area contributed by atoms with Gasteiger partial charge < -0.3 is 4.90 Å². The van der Waals surface area contributed by atoms with Crippen LogP contribution in [-0.4, -0.2) is 33.3 Å². The smallest absolute Gasteiger partial charge is 0.269 e. The predicted octanol–water partition coefficient (Wildman–Crippen LogP) is 5.03. The molecule has 1 aliphatic heterocycles. The number of hydrogen-bond acceptors (Lipinski definition) is 6. The van der Waals surface area contributed by atoms with Gasteiger partial charge in [-0.05, 0) is 42.3 Å². The molecule has 0 fully saturated rings. The third-order valence-electron chi connectivity index (χ3n) is 5.57. The molecule has 33 heavy (non-hydrogen) atoms. The number of non-ortho nitro benzene ring substituents is 1. The number of fused-ring (bicyclic) bond motifs is 2. The highest BCUT2D eigenvalue weighted by molar-refractivity contribution is 8.00. The molecule has 1 amide bonds. The maximum atomic E-state index is 13.3. The number of anilines is 1. The maximum Gasteiger partial charge on any atom is 0.269 e. The molecule has 1 aliphatic rings. The summed E-state index contributed by atoms with van der Waals surface area (Å²) in [6.07, 6.45) is 0.586. The van der Waals surface area contributed by atoms with Gasteiger partial charge in [0.25, 0.3) is 5.69 Å². The van der Waals surface area contributed by atoms with Gasteiger partial charge in [-0.15, -0.1) is 10.2 Å². The molecule has 5 rings (SSSR count). The van der Waals surface area contributed by atoms with E-state index >= 15 is 0 Å². The lowest BCUT2D eigenvalue weighted by Gasteiger charge is -2.17. The van der Waals surface area contributed by atoms with E-state index in [4.69, 9.17) is 0 Å². The highest BCUT2D eigenvalue weighted by Gasteiger charge is 2.26. The second-order valence-corrected chi connectivity index (χ2v) is 8.52. The van der Waals surface area contributed by atoms with E-state index in [9.17, 15) is 19.3 Å². The maximum absolute atomic E-state index is 13.3. The van der Waals surface area contributed by atoms with Crippen molar-refractivity contribution in [1.29, 1.82) is 0 Å². The Labute approximate surface area is 192 Å². The highest BCUT2D eigenvalue weighted by atomic mass is 32.2. The van der Waals surface area contributed by atoms with E-state index in [1.807, 2.05) is 24.3 Å². The number of hydrogen-bond donors (Lipinski definition) is 0. The van der Waals surface area contributed by atoms with Gasteiger partial charge >= 0.3 is 0 Å². The average molecular weight is 460 g/mol. The van der Waals surface area contributed by atoms with Crippen LogP contribution in [0.5, 0.6) is 0 Å². The summed E-state index contributed by atoms with van der Waals surface area (Å²) < 4.78 is 13.3. The van der Waals surface area contributed by atoms with E-state index in [-0.39, 0.29) is 23.2 Å². The summed E-state index contributed by atoms with van der Waals surface area (Å²) in [5.41, 5.74) is 2.96. The fourth-order valence-electron chi connectivity index (χ4n) is 3.98. The van der Waals surface area contributed by atoms with Crippen molar-refractivity contribution in [2.45, 2.75) is 11.4 Å². The number of aromatic nitrogens is 2. The number of thioether (sulfide) groups is 1. The topological polar surface area (TPSA) is 89.2 Å². The van der Waals surface area contributed by atoms with Crippen molar-refractivity contribution in [3.05, 3.63) is 88.2 Å². The molecule has 1 aromatic heterocycles. The Balaban J connectivity index is 1.38. The van der Waals surface area contributed by atoms with E-state index in [1.165, 1.54) is 36.0 Å². The number of rotatable bonds is 5. The molecular formula is C24H17FN4O3S. The van der Waals surface area contributed by atoms with Gasteiger partial charge in [0, 0.05) is 40.7 Å². The zero-order chi connectivity index (χ0) is 22.9. The van der Waals surface area contributed by atoms with Crippen LogP contribution in [0.2, 0.25) is 0 Å². The first-order valence-corrected chi connectivity index (χ1v) is 11.2. The lowest BCUT2D eigenvalue weighted by Crippen LogP contribution is -2.30. The minimum atomic E-state index is -0.431. The zero-order valence-electron chi connectivity index (χ0n) is 17.3. The Bertz CT molecular complexity index is 1390. The van der Waals surface area contributed by atoms with Gasteiger partial charge in [-0.25, -0.2) is 4.39 Å². The third kappa shape index (κ3) is 4.03. The monoisotopic (exact) mass is 460 g/mol. The van der Waals surface area contributed by atoms with Crippen molar-refractivity contribution >= 4 is 39.8 Å². The number of benzene rings is 3. The molecule has 0 radical (unpaired) electrons. The van der Waals surface area contributed by atoms with Crippen molar-refractivity contribution < 1.29 is 14.1 Å². The lowest BCUT2D eigenvalue weighted by atomic mass is 10.1. The van der Waals surface area contributed by atoms with E-state index < -0.39 is 4.92 Å². The summed E-state index contributed by atoms with van der Waals surface area (Å²) in [5.74, 6) is -0.258. The van der Waals surface area contributed by atoms with Crippen molar-refractivity contribution in [3.63, 3.8) is 0 Å². The second-order valence-electron chi connectivity index (χ2n) is 7.56. The Morgan fingerprint density at radius 1 is 1.06 bits per heavy atom. The van der Waals surface area contributed by atoms with E-state index in [1.54, 1.807) is 23.1 Å². The number of amides is 1. The molecule has 0 bridgehead atoms. The van der Waals surface area contributed by atoms with Crippen LogP contribution in [0.4, 0.5) is 15.8 Å². The van der Waals surface area contributed by atoms with Gasteiger partial charge in [-0.1, -0.05) is 36.0 Å². The molecule has 164 valence electrons. The van der Waals surface area contributed by atoms with Crippen LogP contribution in [0.1, 0.15) is 5.56 Å². The first-order chi connectivity index (χ1) is 16.0. The van der Waals surface area contributed by atoms with E-state index in [0.29, 0.717) is 29.4 Å². The molecular weight excluding hydrogens is 443 g/mol. The van der Waals surface area contributed by atoms with Gasteiger partial charge in [0.05, 0.1) is 10.7 Å². The summed E-state index contributed by atoms with van der Waals surface area (Å²) in [6, 6.07) is 18.3. The lowest BCUT2D eigenvalue weighted by molar-refractivity contribution is -0.384. The SMILES string of the molecule is O=C(CSc1nnc(-c2ccc(F)cc2)c2ccccc12)N1CCc2cc([N+](=O)[O-])ccc21. The number of nitro benzene ring substituents is 1. The third-order valence-corrected chi connectivity index (χ3v) is 6.54. The Morgan fingerprint density at radius 3 is 2.58 bits per heavy atom. The largest absolute Gasteiger partial charge is 0.311 e. The quantitative estimate of drug-likeness (QED) is 0.236. The highest BCUT2D eigenvalue weighted by Crippen LogP contribution is 2.34. The van der Waals surface area contributed by atoms with E-state index in [2.05, 4.69) is 10.2 Å². The number of nitrogens with zero attached hydrogens (tertiary/aromatic N) is 4. The van der Waals surface area contributed by atoms with Gasteiger partial charge in [-0.2, -0.15) is 0 Å². The van der Waals surface area contributed by atoms with Crippen LogP contribution in [-0.2, 0) is 11.2 Å². The van der Waals surface area contributed by atoms with Crippen molar-refractivity contribution in [1.82, 2.24) is 10.2 Å². The van der Waals surface area contributed by atoms with Crippen LogP contribution >= 0.6 is 11.8 Å². The minimum absolute atomic E-state index is 0.0282. The molecule has 3 aromatic carbocycles. The van der Waals surface area contributed by atoms with Crippen LogP contribution in [0.25, 0.3) is 22.0 Å². The van der Waals surface area contributed by atoms with Crippen LogP contribution in [0.3, 0.4) is 0 Å². The molecule has 0 atom stereocenters. The zero-order valence-corrected chi connectivity index (χ0v) is 18.1. The van der Waals surface area contributed by atoms with Crippen LogP contribution in [0.15, 0.2) is 71.8 Å². The molecule has 4 aromatic rings. The molecule has 0 saturated heterocycles. The average Bonchev–Trinajstić information content (AvgIpc) is 3.26. The fourth-order valence-corrected chi connectivity index (χ4v) is 4.82. The number of carbonyl (C=O) groups excluding carboxylic acids is 1. The Kier molecular flexibility index (Phi) is 5.47. The number of nitro groups is 1. The second kappa shape index (κ2) is 8.59. The van der Waals surface area contributed by atoms with E-state index in [0.717, 1.165) is 21.9 Å². The van der Waals surface area contributed by atoms with Gasteiger partial charge in [0.15, 0.2) is 0 Å². The molecule has 0 aliphatic carbocycles. The number of halogens is 1. The van der Waals surface area contributed by atoms with Crippen LogP contribution < -0.4 is 4.90 Å². The minimum Gasteiger partial charge on any atom is -0.311 e. The van der Waals surface area contributed by atoms with Gasteiger partial charge in [-0.3, -0.25) is 14.9 Å². The normalized spacial score (nSPS) is 12.7. The van der Waals surface area contributed by atoms with Crippen molar-refractivity contribution in [2.24, 2.45) is 0 Å². The predicted molar refractivity (Wildman–Crippen MR) is 125 cm³/mol. The van der Waals surface area contributed by atoms with Crippen LogP contribution in [0, 0.1) is 15.9 Å². The van der Waals surface area contributed by atoms with Crippen molar-refractivity contribution in [2.75, 3.05) is 17.2 Å². The molecule has 0 unspecified atom stereocenters. The Morgan fingerprint density at radius 2 is 1.82 bits per heavy atom. The summed E-state index contributed by atoms with van der Waals surface area (Å²) in [5, 5.41) is 22.1. The first-order valence-electron chi connectivity index (χ1n) is 10.2. The molecule has 2 heterocycles. The van der Waals surface area contributed by atoms with Crippen molar-refractivity contribution in [3.8, 4) is 11.3 Å². The fraction of sp³-hybridized carbons (Fsp3) is 0.125. The summed E-state index contributed by atoms with van der Waals surface area (Å²) in [6.45, 7) is 0.492.